The Kier molecular flexibility index (Phi) is 7.69. The Morgan fingerprint density at radius 3 is 2.53 bits per heavy atom. The first-order valence-corrected chi connectivity index (χ1v) is 7.96. The molecule has 0 aromatic heterocycles. The molecule has 0 heterocycles. The number of carbonyl (C=O) groups is 1. The van der Waals surface area contributed by atoms with Gasteiger partial charge in [0.25, 0.3) is 0 Å². The van der Waals surface area contributed by atoms with Crippen molar-refractivity contribution in [2.45, 2.75) is 64.0 Å². The lowest BCUT2D eigenvalue weighted by Crippen LogP contribution is -2.43. The van der Waals surface area contributed by atoms with E-state index in [4.69, 9.17) is 0 Å². The summed E-state index contributed by atoms with van der Waals surface area (Å²) in [5.74, 6) is 1.31. The first-order chi connectivity index (χ1) is 8.24. The monoisotopic (exact) mass is 259 g/mol. The summed E-state index contributed by atoms with van der Waals surface area (Å²) < 4.78 is 0. The lowest BCUT2D eigenvalue weighted by Gasteiger charge is -2.22. The van der Waals surface area contributed by atoms with Gasteiger partial charge in [0.1, 0.15) is 6.04 Å². The van der Waals surface area contributed by atoms with Crippen LogP contribution in [-0.4, -0.2) is 34.7 Å². The van der Waals surface area contributed by atoms with Gasteiger partial charge in [0.2, 0.25) is 0 Å². The van der Waals surface area contributed by atoms with E-state index >= 15 is 0 Å². The third-order valence-electron chi connectivity index (χ3n) is 3.35. The van der Waals surface area contributed by atoms with Gasteiger partial charge in [-0.05, 0) is 30.8 Å². The molecule has 0 spiro atoms. The van der Waals surface area contributed by atoms with E-state index in [0.717, 1.165) is 30.8 Å². The summed E-state index contributed by atoms with van der Waals surface area (Å²) in [7, 11) is 0. The highest BCUT2D eigenvalue weighted by Crippen LogP contribution is 2.18. The van der Waals surface area contributed by atoms with Crippen LogP contribution >= 0.6 is 11.8 Å². The van der Waals surface area contributed by atoms with E-state index in [2.05, 4.69) is 12.2 Å². The fourth-order valence-electron chi connectivity index (χ4n) is 2.35. The van der Waals surface area contributed by atoms with Crippen LogP contribution in [-0.2, 0) is 4.79 Å². The molecule has 0 aromatic rings. The van der Waals surface area contributed by atoms with Crippen LogP contribution < -0.4 is 5.32 Å². The molecule has 0 radical (unpaired) electrons. The van der Waals surface area contributed by atoms with E-state index in [1.54, 1.807) is 0 Å². The predicted molar refractivity (Wildman–Crippen MR) is 73.7 cm³/mol. The summed E-state index contributed by atoms with van der Waals surface area (Å²) in [6.07, 6.45) is 8.13. The molecule has 1 saturated carbocycles. The van der Waals surface area contributed by atoms with Crippen molar-refractivity contribution in [1.29, 1.82) is 0 Å². The van der Waals surface area contributed by atoms with Crippen molar-refractivity contribution >= 4 is 17.7 Å². The van der Waals surface area contributed by atoms with Gasteiger partial charge in [-0.25, -0.2) is 0 Å². The van der Waals surface area contributed by atoms with E-state index in [1.165, 1.54) is 25.7 Å². The van der Waals surface area contributed by atoms with Crippen LogP contribution in [0.1, 0.15) is 51.9 Å². The lowest BCUT2D eigenvalue weighted by molar-refractivity contribution is -0.139. The molecule has 1 atom stereocenters. The molecule has 0 saturated heterocycles. The molecule has 1 rings (SSSR count). The average Bonchev–Trinajstić information content (AvgIpc) is 2.56. The van der Waals surface area contributed by atoms with Gasteiger partial charge in [-0.15, -0.1) is 0 Å². The lowest BCUT2D eigenvalue weighted by atomic mass is 10.1. The second-order valence-electron chi connectivity index (χ2n) is 4.73. The Morgan fingerprint density at radius 1 is 1.35 bits per heavy atom. The number of hydrogen-bond acceptors (Lipinski definition) is 3. The molecule has 0 amide bonds. The highest BCUT2D eigenvalue weighted by Gasteiger charge is 2.21. The maximum absolute atomic E-state index is 11.2. The second kappa shape index (κ2) is 8.81. The smallest absolute Gasteiger partial charge is 0.320 e. The van der Waals surface area contributed by atoms with Crippen LogP contribution in [0.15, 0.2) is 0 Å². The molecule has 1 unspecified atom stereocenters. The highest BCUT2D eigenvalue weighted by molar-refractivity contribution is 7.99. The molecule has 4 heteroatoms. The molecular weight excluding hydrogens is 234 g/mol. The number of rotatable bonds is 7. The van der Waals surface area contributed by atoms with Crippen LogP contribution in [0, 0.1) is 0 Å². The highest BCUT2D eigenvalue weighted by atomic mass is 32.2. The number of thioether (sulfide) groups is 1. The number of nitrogens with one attached hydrogen (secondary N) is 1. The summed E-state index contributed by atoms with van der Waals surface area (Å²) in [5, 5.41) is 12.5. The minimum atomic E-state index is -0.689. The first kappa shape index (κ1) is 14.8. The van der Waals surface area contributed by atoms with Gasteiger partial charge in [0.15, 0.2) is 0 Å². The third-order valence-corrected chi connectivity index (χ3v) is 4.28. The Morgan fingerprint density at radius 2 is 2.00 bits per heavy atom. The van der Waals surface area contributed by atoms with E-state index in [-0.39, 0.29) is 6.04 Å². The average molecular weight is 259 g/mol. The number of hydrogen-bond donors (Lipinski definition) is 2. The van der Waals surface area contributed by atoms with Gasteiger partial charge < -0.3 is 10.4 Å². The molecule has 1 aliphatic carbocycles. The molecule has 3 nitrogen and oxygen atoms in total. The van der Waals surface area contributed by atoms with Crippen LogP contribution in [0.4, 0.5) is 0 Å². The number of carboxylic acids is 1. The summed E-state index contributed by atoms with van der Waals surface area (Å²) in [5.41, 5.74) is 0. The molecule has 0 bridgehead atoms. The maximum atomic E-state index is 11.2. The van der Waals surface area contributed by atoms with E-state index in [9.17, 15) is 9.90 Å². The molecule has 0 aromatic carbocycles. The van der Waals surface area contributed by atoms with Gasteiger partial charge in [-0.3, -0.25) is 4.79 Å². The maximum Gasteiger partial charge on any atom is 0.320 e. The molecule has 2 N–H and O–H groups in total. The van der Waals surface area contributed by atoms with E-state index in [1.807, 2.05) is 11.8 Å². The zero-order valence-electron chi connectivity index (χ0n) is 10.8. The van der Waals surface area contributed by atoms with Gasteiger partial charge in [-0.2, -0.15) is 11.8 Å². The molecule has 17 heavy (non-hydrogen) atoms. The normalized spacial score (nSPS) is 19.8. The number of aliphatic carboxylic acids is 1. The zero-order chi connectivity index (χ0) is 12.5. The Labute approximate surface area is 109 Å². The standard InChI is InChI=1S/C13H25NO2S/c1-2-17-10-9-12(13(15)16)14-11-7-5-3-4-6-8-11/h11-12,14H,2-10H2,1H3,(H,15,16). The Balaban J connectivity index is 2.33. The Bertz CT molecular complexity index is 215. The predicted octanol–water partition coefficient (Wildman–Crippen LogP) is 2.90. The van der Waals surface area contributed by atoms with Crippen LogP contribution in [0.5, 0.6) is 0 Å². The first-order valence-electron chi connectivity index (χ1n) is 6.80. The zero-order valence-corrected chi connectivity index (χ0v) is 11.6. The second-order valence-corrected chi connectivity index (χ2v) is 6.13. The molecule has 0 aliphatic heterocycles. The molecule has 1 fully saturated rings. The summed E-state index contributed by atoms with van der Waals surface area (Å²) in [6, 6.07) is 0.0716. The van der Waals surface area contributed by atoms with Crippen molar-refractivity contribution in [3.05, 3.63) is 0 Å². The van der Waals surface area contributed by atoms with Gasteiger partial charge >= 0.3 is 5.97 Å². The summed E-state index contributed by atoms with van der Waals surface area (Å²) in [4.78, 5) is 11.2. The van der Waals surface area contributed by atoms with Gasteiger partial charge in [0, 0.05) is 6.04 Å². The fourth-order valence-corrected chi connectivity index (χ4v) is 3.05. The molecular formula is C13H25NO2S. The quantitative estimate of drug-likeness (QED) is 0.545. The van der Waals surface area contributed by atoms with E-state index in [0.29, 0.717) is 6.04 Å². The minimum Gasteiger partial charge on any atom is -0.480 e. The van der Waals surface area contributed by atoms with Crippen molar-refractivity contribution in [3.63, 3.8) is 0 Å². The summed E-state index contributed by atoms with van der Waals surface area (Å²) >= 11 is 1.82. The summed E-state index contributed by atoms with van der Waals surface area (Å²) in [6.45, 7) is 2.11. The minimum absolute atomic E-state index is 0.350. The largest absolute Gasteiger partial charge is 0.480 e. The van der Waals surface area contributed by atoms with Gasteiger partial charge in [0.05, 0.1) is 0 Å². The van der Waals surface area contributed by atoms with Crippen LogP contribution in [0.25, 0.3) is 0 Å². The van der Waals surface area contributed by atoms with Gasteiger partial charge in [-0.1, -0.05) is 32.6 Å². The molecule has 1 aliphatic rings. The Hall–Kier alpha value is -0.220. The van der Waals surface area contributed by atoms with E-state index < -0.39 is 5.97 Å². The topological polar surface area (TPSA) is 49.3 Å². The van der Waals surface area contributed by atoms with Crippen molar-refractivity contribution < 1.29 is 9.90 Å². The van der Waals surface area contributed by atoms with Crippen molar-refractivity contribution in [2.24, 2.45) is 0 Å². The van der Waals surface area contributed by atoms with Crippen molar-refractivity contribution in [2.75, 3.05) is 11.5 Å². The number of carboxylic acid groups (broad SMARTS) is 1. The van der Waals surface area contributed by atoms with Crippen LogP contribution in [0.2, 0.25) is 0 Å². The fraction of sp³-hybridized carbons (Fsp3) is 0.923. The SMILES string of the molecule is CCSCCC(NC1CCCCCC1)C(=O)O. The molecule has 100 valence electrons. The van der Waals surface area contributed by atoms with Crippen molar-refractivity contribution in [1.82, 2.24) is 5.32 Å². The van der Waals surface area contributed by atoms with Crippen LogP contribution in [0.3, 0.4) is 0 Å². The third kappa shape index (κ3) is 6.32. The van der Waals surface area contributed by atoms with Crippen molar-refractivity contribution in [3.8, 4) is 0 Å².